The van der Waals surface area contributed by atoms with E-state index in [0.29, 0.717) is 38.8 Å². The zero-order valence-corrected chi connectivity index (χ0v) is 16.4. The normalized spacial score (nSPS) is 19.3. The Hall–Kier alpha value is -1.92. The van der Waals surface area contributed by atoms with E-state index in [-0.39, 0.29) is 17.7 Å². The van der Waals surface area contributed by atoms with Gasteiger partial charge in [-0.2, -0.15) is 0 Å². The Morgan fingerprint density at radius 3 is 2.52 bits per heavy atom. The molecule has 0 unspecified atom stereocenters. The fourth-order valence-corrected chi connectivity index (χ4v) is 3.76. The lowest BCUT2D eigenvalue weighted by Gasteiger charge is -2.35. The third-order valence-electron chi connectivity index (χ3n) is 5.46. The zero-order valence-electron chi connectivity index (χ0n) is 16.4. The second-order valence-corrected chi connectivity index (χ2v) is 7.82. The van der Waals surface area contributed by atoms with Gasteiger partial charge in [0, 0.05) is 24.7 Å². The molecule has 6 nitrogen and oxygen atoms in total. The number of amides is 2. The zero-order chi connectivity index (χ0) is 19.2. The molecule has 0 bridgehead atoms. The first-order valence-electron chi connectivity index (χ1n) is 10.0. The van der Waals surface area contributed by atoms with Crippen molar-refractivity contribution in [3.8, 4) is 0 Å². The molecule has 0 atom stereocenters. The quantitative estimate of drug-likeness (QED) is 0.860. The van der Waals surface area contributed by atoms with Crippen molar-refractivity contribution >= 4 is 17.5 Å². The van der Waals surface area contributed by atoms with Crippen LogP contribution in [0.2, 0.25) is 0 Å². The van der Waals surface area contributed by atoms with Crippen molar-refractivity contribution < 1.29 is 14.3 Å². The number of nitrogens with one attached hydrogen (secondary N) is 1. The van der Waals surface area contributed by atoms with Crippen LogP contribution in [-0.2, 0) is 14.3 Å². The van der Waals surface area contributed by atoms with Gasteiger partial charge in [-0.25, -0.2) is 0 Å². The molecule has 3 rings (SSSR count). The maximum Gasteiger partial charge on any atom is 0.238 e. The Bertz CT molecular complexity index is 648. The fourth-order valence-electron chi connectivity index (χ4n) is 3.76. The van der Waals surface area contributed by atoms with Gasteiger partial charge in [0.1, 0.15) is 0 Å². The van der Waals surface area contributed by atoms with E-state index in [1.807, 2.05) is 23.1 Å². The van der Waals surface area contributed by atoms with Crippen molar-refractivity contribution in [1.82, 2.24) is 9.80 Å². The summed E-state index contributed by atoms with van der Waals surface area (Å²) in [5.74, 6) is 0.789. The van der Waals surface area contributed by atoms with Crippen molar-refractivity contribution in [2.45, 2.75) is 32.6 Å². The predicted molar refractivity (Wildman–Crippen MR) is 106 cm³/mol. The summed E-state index contributed by atoms with van der Waals surface area (Å²) in [5.41, 5.74) is 2.07. The maximum atomic E-state index is 12.6. The first kappa shape index (κ1) is 19.8. The predicted octanol–water partition coefficient (Wildman–Crippen LogP) is 2.32. The number of nitrogens with zero attached hydrogens (tertiary/aromatic N) is 2. The van der Waals surface area contributed by atoms with E-state index < -0.39 is 0 Å². The van der Waals surface area contributed by atoms with E-state index in [1.165, 1.54) is 5.56 Å². The lowest BCUT2D eigenvalue weighted by atomic mass is 9.95. The summed E-state index contributed by atoms with van der Waals surface area (Å²) in [6.07, 6.45) is 1.65. The number of carbonyl (C=O) groups is 2. The highest BCUT2D eigenvalue weighted by atomic mass is 16.5. The van der Waals surface area contributed by atoms with Crippen LogP contribution in [0.15, 0.2) is 24.3 Å². The van der Waals surface area contributed by atoms with Gasteiger partial charge in [0.05, 0.1) is 19.8 Å². The van der Waals surface area contributed by atoms with Crippen LogP contribution in [0.25, 0.3) is 0 Å². The molecule has 1 N–H and O–H groups in total. The van der Waals surface area contributed by atoms with Gasteiger partial charge in [0.15, 0.2) is 0 Å². The molecule has 0 radical (unpaired) electrons. The molecule has 0 saturated carbocycles. The minimum absolute atomic E-state index is 0.00821. The Morgan fingerprint density at radius 1 is 1.15 bits per heavy atom. The summed E-state index contributed by atoms with van der Waals surface area (Å²) in [6.45, 7) is 8.94. The number of rotatable bonds is 5. The van der Waals surface area contributed by atoms with E-state index in [0.717, 1.165) is 31.6 Å². The molecule has 0 spiro atoms. The lowest BCUT2D eigenvalue weighted by Crippen LogP contribution is -2.47. The molecule has 2 aliphatic rings. The molecule has 2 fully saturated rings. The van der Waals surface area contributed by atoms with Crippen LogP contribution in [0.5, 0.6) is 0 Å². The van der Waals surface area contributed by atoms with Gasteiger partial charge in [-0.15, -0.1) is 0 Å². The number of hydrogen-bond donors (Lipinski definition) is 1. The van der Waals surface area contributed by atoms with E-state index in [1.54, 1.807) is 0 Å². The molecule has 1 aromatic rings. The summed E-state index contributed by atoms with van der Waals surface area (Å²) in [5, 5.41) is 3.00. The van der Waals surface area contributed by atoms with Crippen LogP contribution < -0.4 is 5.32 Å². The number of likely N-dealkylation sites (tertiary alicyclic amines) is 1. The molecular formula is C21H31N3O3. The topological polar surface area (TPSA) is 61.9 Å². The minimum atomic E-state index is 0.00821. The molecule has 0 aliphatic carbocycles. The molecule has 148 valence electrons. The fraction of sp³-hybridized carbons (Fsp3) is 0.619. The number of anilines is 1. The van der Waals surface area contributed by atoms with Crippen molar-refractivity contribution in [2.75, 3.05) is 51.3 Å². The van der Waals surface area contributed by atoms with Gasteiger partial charge >= 0.3 is 0 Å². The molecule has 27 heavy (non-hydrogen) atoms. The number of ether oxygens (including phenoxy) is 1. The summed E-state index contributed by atoms with van der Waals surface area (Å²) >= 11 is 0. The van der Waals surface area contributed by atoms with Crippen LogP contribution in [0, 0.1) is 5.92 Å². The number of piperidine rings is 1. The summed E-state index contributed by atoms with van der Waals surface area (Å²) in [4.78, 5) is 29.0. The highest BCUT2D eigenvalue weighted by Crippen LogP contribution is 2.21. The number of carbonyl (C=O) groups excluding carboxylic acids is 2. The standard InChI is InChI=1S/C21H31N3O3/c1-16(2)18-4-3-5-19(14-18)22-20(25)15-23-8-6-17(7-9-23)21(26)24-10-12-27-13-11-24/h3-5,14,16-17H,6-13,15H2,1-2H3,(H,22,25). The molecule has 2 saturated heterocycles. The average Bonchev–Trinajstić information content (AvgIpc) is 2.69. The van der Waals surface area contributed by atoms with Crippen molar-refractivity contribution in [3.63, 3.8) is 0 Å². The number of benzene rings is 1. The summed E-state index contributed by atoms with van der Waals surface area (Å²) in [7, 11) is 0. The summed E-state index contributed by atoms with van der Waals surface area (Å²) < 4.78 is 5.32. The Kier molecular flexibility index (Phi) is 6.85. The van der Waals surface area contributed by atoms with Gasteiger partial charge in [-0.05, 0) is 49.5 Å². The Balaban J connectivity index is 1.44. The average molecular weight is 373 g/mol. The SMILES string of the molecule is CC(C)c1cccc(NC(=O)CN2CCC(C(=O)N3CCOCC3)CC2)c1. The second-order valence-electron chi connectivity index (χ2n) is 7.82. The number of hydrogen-bond acceptors (Lipinski definition) is 4. The van der Waals surface area contributed by atoms with Crippen LogP contribution in [0.3, 0.4) is 0 Å². The van der Waals surface area contributed by atoms with E-state index in [4.69, 9.17) is 4.74 Å². The van der Waals surface area contributed by atoms with Crippen LogP contribution >= 0.6 is 0 Å². The van der Waals surface area contributed by atoms with Crippen LogP contribution in [0.1, 0.15) is 38.2 Å². The van der Waals surface area contributed by atoms with Crippen LogP contribution in [-0.4, -0.2) is 67.6 Å². The Labute approximate surface area is 161 Å². The summed E-state index contributed by atoms with van der Waals surface area (Å²) in [6, 6.07) is 8.02. The van der Waals surface area contributed by atoms with Gasteiger partial charge in [-0.1, -0.05) is 26.0 Å². The van der Waals surface area contributed by atoms with Crippen molar-refractivity contribution in [2.24, 2.45) is 5.92 Å². The monoisotopic (exact) mass is 373 g/mol. The lowest BCUT2D eigenvalue weighted by molar-refractivity contribution is -0.141. The minimum Gasteiger partial charge on any atom is -0.378 e. The molecular weight excluding hydrogens is 342 g/mol. The van der Waals surface area contributed by atoms with E-state index >= 15 is 0 Å². The number of morpholine rings is 1. The molecule has 2 aliphatic heterocycles. The smallest absolute Gasteiger partial charge is 0.238 e. The van der Waals surface area contributed by atoms with Crippen molar-refractivity contribution in [1.29, 1.82) is 0 Å². The second kappa shape index (κ2) is 9.33. The molecule has 6 heteroatoms. The molecule has 2 heterocycles. The van der Waals surface area contributed by atoms with Gasteiger partial charge in [0.25, 0.3) is 0 Å². The Morgan fingerprint density at radius 2 is 1.85 bits per heavy atom. The first-order chi connectivity index (χ1) is 13.0. The highest BCUT2D eigenvalue weighted by molar-refractivity contribution is 5.92. The molecule has 2 amide bonds. The molecule has 1 aromatic carbocycles. The highest BCUT2D eigenvalue weighted by Gasteiger charge is 2.29. The van der Waals surface area contributed by atoms with Crippen molar-refractivity contribution in [3.05, 3.63) is 29.8 Å². The third-order valence-corrected chi connectivity index (χ3v) is 5.46. The van der Waals surface area contributed by atoms with Gasteiger partial charge in [0.2, 0.25) is 11.8 Å². The largest absolute Gasteiger partial charge is 0.378 e. The maximum absolute atomic E-state index is 12.6. The van der Waals surface area contributed by atoms with E-state index in [2.05, 4.69) is 30.1 Å². The molecule has 0 aromatic heterocycles. The first-order valence-corrected chi connectivity index (χ1v) is 10.0. The van der Waals surface area contributed by atoms with Gasteiger partial charge < -0.3 is 15.0 Å². The third kappa shape index (κ3) is 5.53. The van der Waals surface area contributed by atoms with E-state index in [9.17, 15) is 9.59 Å². The van der Waals surface area contributed by atoms with Gasteiger partial charge in [-0.3, -0.25) is 14.5 Å². The van der Waals surface area contributed by atoms with Crippen LogP contribution in [0.4, 0.5) is 5.69 Å².